The minimum Gasteiger partial charge on any atom is -0.480 e. The van der Waals surface area contributed by atoms with Crippen molar-refractivity contribution in [1.82, 2.24) is 19.7 Å². The number of carbonyl (C=O) groups excluding carboxylic acids is 1. The van der Waals surface area contributed by atoms with E-state index in [1.54, 1.807) is 15.9 Å². The molecule has 7 nitrogen and oxygen atoms in total. The van der Waals surface area contributed by atoms with E-state index in [1.165, 1.54) is 6.33 Å². The van der Waals surface area contributed by atoms with Gasteiger partial charge in [-0.15, -0.1) is 0 Å². The molecule has 1 saturated heterocycles. The van der Waals surface area contributed by atoms with Gasteiger partial charge in [0.1, 0.15) is 18.7 Å². The average molecular weight is 306 g/mol. The molecular formula is C15H22N4O3. The predicted molar refractivity (Wildman–Crippen MR) is 77.9 cm³/mol. The van der Waals surface area contributed by atoms with Gasteiger partial charge in [0.25, 0.3) is 0 Å². The molecule has 1 N–H and O–H groups in total. The number of fused-ring (bicyclic) bond motifs is 1. The minimum atomic E-state index is -0.862. The number of aryl methyl sites for hydroxylation is 1. The number of aliphatic carboxylic acids is 1. The summed E-state index contributed by atoms with van der Waals surface area (Å²) in [5.41, 5.74) is 0. The van der Waals surface area contributed by atoms with Crippen molar-refractivity contribution in [2.24, 2.45) is 5.92 Å². The monoisotopic (exact) mass is 306 g/mol. The van der Waals surface area contributed by atoms with Gasteiger partial charge in [0.05, 0.1) is 0 Å². The van der Waals surface area contributed by atoms with Crippen molar-refractivity contribution in [2.75, 3.05) is 0 Å². The van der Waals surface area contributed by atoms with Crippen LogP contribution in [0.25, 0.3) is 0 Å². The van der Waals surface area contributed by atoms with Gasteiger partial charge in [-0.05, 0) is 31.6 Å². The molecule has 3 unspecified atom stereocenters. The van der Waals surface area contributed by atoms with Crippen molar-refractivity contribution in [3.8, 4) is 0 Å². The zero-order valence-electron chi connectivity index (χ0n) is 12.6. The maximum absolute atomic E-state index is 12.6. The van der Waals surface area contributed by atoms with Crippen molar-refractivity contribution in [2.45, 2.75) is 63.6 Å². The number of rotatable bonds is 5. The van der Waals surface area contributed by atoms with Gasteiger partial charge in [-0.2, -0.15) is 5.10 Å². The third-order valence-corrected chi connectivity index (χ3v) is 4.91. The first-order chi connectivity index (χ1) is 10.7. The molecule has 0 spiro atoms. The molecule has 1 aliphatic carbocycles. The van der Waals surface area contributed by atoms with Gasteiger partial charge in [0, 0.05) is 19.0 Å². The lowest BCUT2D eigenvalue weighted by molar-refractivity contribution is -0.150. The van der Waals surface area contributed by atoms with Crippen LogP contribution in [0.3, 0.4) is 0 Å². The highest BCUT2D eigenvalue weighted by atomic mass is 16.4. The van der Waals surface area contributed by atoms with Gasteiger partial charge in [-0.25, -0.2) is 9.78 Å². The van der Waals surface area contributed by atoms with Gasteiger partial charge in [0.15, 0.2) is 0 Å². The van der Waals surface area contributed by atoms with Gasteiger partial charge in [0.2, 0.25) is 5.91 Å². The van der Waals surface area contributed by atoms with Crippen LogP contribution in [0.1, 0.15) is 44.9 Å². The second-order valence-electron chi connectivity index (χ2n) is 6.26. The molecule has 1 aromatic rings. The Kier molecular flexibility index (Phi) is 4.40. The number of hydrogen-bond donors (Lipinski definition) is 1. The van der Waals surface area contributed by atoms with Crippen LogP contribution in [-0.4, -0.2) is 48.7 Å². The predicted octanol–water partition coefficient (Wildman–Crippen LogP) is 1.30. The van der Waals surface area contributed by atoms with Crippen molar-refractivity contribution < 1.29 is 14.7 Å². The van der Waals surface area contributed by atoms with Crippen LogP contribution >= 0.6 is 0 Å². The Bertz CT molecular complexity index is 531. The van der Waals surface area contributed by atoms with E-state index in [0.29, 0.717) is 31.7 Å². The fourth-order valence-corrected chi connectivity index (χ4v) is 3.91. The fourth-order valence-electron chi connectivity index (χ4n) is 3.91. The van der Waals surface area contributed by atoms with E-state index in [-0.39, 0.29) is 11.9 Å². The Balaban J connectivity index is 1.61. The lowest BCUT2D eigenvalue weighted by Gasteiger charge is -2.33. The van der Waals surface area contributed by atoms with Crippen molar-refractivity contribution in [3.63, 3.8) is 0 Å². The summed E-state index contributed by atoms with van der Waals surface area (Å²) >= 11 is 0. The quantitative estimate of drug-likeness (QED) is 0.886. The van der Waals surface area contributed by atoms with Gasteiger partial charge < -0.3 is 10.0 Å². The summed E-state index contributed by atoms with van der Waals surface area (Å²) in [7, 11) is 0. The van der Waals surface area contributed by atoms with Crippen LogP contribution in [0, 0.1) is 5.92 Å². The molecule has 1 amide bonds. The Hall–Kier alpha value is -1.92. The van der Waals surface area contributed by atoms with E-state index in [2.05, 4.69) is 10.1 Å². The largest absolute Gasteiger partial charge is 0.480 e. The fraction of sp³-hybridized carbons (Fsp3) is 0.733. The number of carboxylic acid groups (broad SMARTS) is 1. The highest BCUT2D eigenvalue weighted by Crippen LogP contribution is 2.40. The first-order valence-electron chi connectivity index (χ1n) is 8.03. The topological polar surface area (TPSA) is 88.3 Å². The summed E-state index contributed by atoms with van der Waals surface area (Å²) in [6.45, 7) is 0.630. The normalized spacial score (nSPS) is 27.6. The van der Waals surface area contributed by atoms with Crippen LogP contribution < -0.4 is 0 Å². The average Bonchev–Trinajstić information content (AvgIpc) is 3.13. The number of amides is 1. The van der Waals surface area contributed by atoms with Crippen molar-refractivity contribution in [1.29, 1.82) is 0 Å². The van der Waals surface area contributed by atoms with Gasteiger partial charge in [-0.1, -0.05) is 12.8 Å². The van der Waals surface area contributed by atoms with E-state index < -0.39 is 12.0 Å². The summed E-state index contributed by atoms with van der Waals surface area (Å²) < 4.78 is 1.69. The van der Waals surface area contributed by atoms with Crippen LogP contribution in [0.4, 0.5) is 0 Å². The maximum atomic E-state index is 12.6. The van der Waals surface area contributed by atoms with Crippen molar-refractivity contribution >= 4 is 11.9 Å². The van der Waals surface area contributed by atoms with Crippen LogP contribution in [-0.2, 0) is 16.1 Å². The number of aromatic nitrogens is 3. The number of nitrogens with zero attached hydrogens (tertiary/aromatic N) is 4. The molecule has 3 rings (SSSR count). The molecule has 3 atom stereocenters. The third kappa shape index (κ3) is 2.98. The van der Waals surface area contributed by atoms with Crippen LogP contribution in [0.2, 0.25) is 0 Å². The molecule has 120 valence electrons. The molecule has 2 aliphatic rings. The summed E-state index contributed by atoms with van der Waals surface area (Å²) in [5, 5.41) is 13.4. The zero-order valence-corrected chi connectivity index (χ0v) is 12.6. The van der Waals surface area contributed by atoms with Crippen LogP contribution in [0.5, 0.6) is 0 Å². The van der Waals surface area contributed by atoms with E-state index in [4.69, 9.17) is 0 Å². The summed E-state index contributed by atoms with van der Waals surface area (Å²) in [5.74, 6) is -0.518. The minimum absolute atomic E-state index is 0.0260. The standard InChI is InChI=1S/C15H22N4O3/c20-14(6-3-7-18-10-16-9-17-18)19-12-5-2-1-4-11(12)8-13(19)15(21)22/h9-13H,1-8H2,(H,21,22). The highest BCUT2D eigenvalue weighted by Gasteiger charge is 2.47. The Morgan fingerprint density at radius 3 is 2.82 bits per heavy atom. The second-order valence-corrected chi connectivity index (χ2v) is 6.26. The molecular weight excluding hydrogens is 284 g/mol. The third-order valence-electron chi connectivity index (χ3n) is 4.91. The molecule has 0 bridgehead atoms. The SMILES string of the molecule is O=C(O)C1CC2CCCCC2N1C(=O)CCCn1cncn1. The number of hydrogen-bond acceptors (Lipinski definition) is 4. The lowest BCUT2D eigenvalue weighted by Crippen LogP contribution is -2.46. The summed E-state index contributed by atoms with van der Waals surface area (Å²) in [6.07, 6.45) is 8.98. The Morgan fingerprint density at radius 2 is 2.09 bits per heavy atom. The maximum Gasteiger partial charge on any atom is 0.326 e. The summed E-state index contributed by atoms with van der Waals surface area (Å²) in [4.78, 5) is 29.6. The number of carboxylic acids is 1. The second kappa shape index (κ2) is 6.46. The smallest absolute Gasteiger partial charge is 0.326 e. The Labute approximate surface area is 129 Å². The first-order valence-corrected chi connectivity index (χ1v) is 8.03. The van der Waals surface area contributed by atoms with E-state index in [1.807, 2.05) is 0 Å². The molecule has 0 radical (unpaired) electrons. The first kappa shape index (κ1) is 15.0. The van der Waals surface area contributed by atoms with E-state index >= 15 is 0 Å². The molecule has 2 heterocycles. The molecule has 2 fully saturated rings. The molecule has 22 heavy (non-hydrogen) atoms. The number of likely N-dealkylation sites (tertiary alicyclic amines) is 1. The van der Waals surface area contributed by atoms with Crippen molar-refractivity contribution in [3.05, 3.63) is 12.7 Å². The molecule has 1 aromatic heterocycles. The van der Waals surface area contributed by atoms with E-state index in [0.717, 1.165) is 25.7 Å². The molecule has 0 aromatic carbocycles. The zero-order chi connectivity index (χ0) is 15.5. The molecule has 7 heteroatoms. The van der Waals surface area contributed by atoms with Gasteiger partial charge in [-0.3, -0.25) is 9.48 Å². The highest BCUT2D eigenvalue weighted by molar-refractivity contribution is 5.84. The molecule has 1 aliphatic heterocycles. The van der Waals surface area contributed by atoms with Gasteiger partial charge >= 0.3 is 5.97 Å². The van der Waals surface area contributed by atoms with Crippen LogP contribution in [0.15, 0.2) is 12.7 Å². The molecule has 1 saturated carbocycles. The van der Waals surface area contributed by atoms with E-state index in [9.17, 15) is 14.7 Å². The number of carbonyl (C=O) groups is 2. The summed E-state index contributed by atoms with van der Waals surface area (Å²) in [6, 6.07) is -0.499. The lowest BCUT2D eigenvalue weighted by atomic mass is 9.84. The Morgan fingerprint density at radius 1 is 1.27 bits per heavy atom.